The van der Waals surface area contributed by atoms with Crippen LogP contribution in [0.4, 0.5) is 0 Å². The molecule has 1 unspecified atom stereocenters. The van der Waals surface area contributed by atoms with E-state index in [4.69, 9.17) is 25.8 Å². The van der Waals surface area contributed by atoms with Crippen LogP contribution in [0.15, 0.2) is 18.2 Å². The number of methoxy groups -OCH3 is 2. The number of hydrogen-bond acceptors (Lipinski definition) is 3. The average molecular weight is 259 g/mol. The number of alkyl halides is 1. The molecular weight excluding hydrogens is 240 g/mol. The highest BCUT2D eigenvalue weighted by Crippen LogP contribution is 2.26. The van der Waals surface area contributed by atoms with Crippen molar-refractivity contribution < 1.29 is 14.2 Å². The minimum Gasteiger partial charge on any atom is -0.497 e. The molecule has 1 rings (SSSR count). The van der Waals surface area contributed by atoms with Gasteiger partial charge in [0.05, 0.1) is 19.1 Å². The first-order chi connectivity index (χ1) is 8.21. The van der Waals surface area contributed by atoms with Crippen molar-refractivity contribution in [3.05, 3.63) is 23.8 Å². The lowest BCUT2D eigenvalue weighted by atomic mass is 10.2. The van der Waals surface area contributed by atoms with Gasteiger partial charge < -0.3 is 14.2 Å². The molecule has 0 aliphatic carbocycles. The Labute approximate surface area is 108 Å². The summed E-state index contributed by atoms with van der Waals surface area (Å²) in [6, 6.07) is 5.65. The smallest absolute Gasteiger partial charge is 0.124 e. The molecule has 0 N–H and O–H groups in total. The van der Waals surface area contributed by atoms with Gasteiger partial charge in [-0.2, -0.15) is 0 Å². The topological polar surface area (TPSA) is 27.7 Å². The zero-order valence-corrected chi connectivity index (χ0v) is 11.3. The van der Waals surface area contributed by atoms with Crippen LogP contribution in [0.5, 0.6) is 11.5 Å². The summed E-state index contributed by atoms with van der Waals surface area (Å²) in [5.74, 6) is 2.01. The molecule has 0 fully saturated rings. The minimum atomic E-state index is 0.102. The molecule has 17 heavy (non-hydrogen) atoms. The van der Waals surface area contributed by atoms with E-state index in [0.29, 0.717) is 12.5 Å². The first kappa shape index (κ1) is 14.1. The molecule has 96 valence electrons. The van der Waals surface area contributed by atoms with E-state index in [0.717, 1.165) is 23.5 Å². The van der Waals surface area contributed by atoms with Gasteiger partial charge in [0.15, 0.2) is 0 Å². The fourth-order valence-electron chi connectivity index (χ4n) is 1.46. The quantitative estimate of drug-likeness (QED) is 0.703. The maximum Gasteiger partial charge on any atom is 0.124 e. The Morgan fingerprint density at radius 2 is 2.06 bits per heavy atom. The Kier molecular flexibility index (Phi) is 6.16. The van der Waals surface area contributed by atoms with Crippen molar-refractivity contribution in [1.29, 1.82) is 0 Å². The summed E-state index contributed by atoms with van der Waals surface area (Å²) in [7, 11) is 3.32. The van der Waals surface area contributed by atoms with Gasteiger partial charge in [0.25, 0.3) is 0 Å². The lowest BCUT2D eigenvalue weighted by Crippen LogP contribution is -2.15. The van der Waals surface area contributed by atoms with Crippen LogP contribution >= 0.6 is 11.6 Å². The molecule has 1 aromatic rings. The van der Waals surface area contributed by atoms with Crippen molar-refractivity contribution in [2.75, 3.05) is 20.8 Å². The molecule has 1 aromatic carbocycles. The molecule has 3 nitrogen and oxygen atoms in total. The highest BCUT2D eigenvalue weighted by Gasteiger charge is 2.09. The van der Waals surface area contributed by atoms with Crippen molar-refractivity contribution >= 4 is 11.6 Å². The number of hydrogen-bond donors (Lipinski definition) is 0. The molecule has 0 spiro atoms. The molecule has 0 saturated heterocycles. The Morgan fingerprint density at radius 3 is 2.65 bits per heavy atom. The normalized spacial score (nSPS) is 12.2. The zero-order valence-electron chi connectivity index (χ0n) is 10.5. The number of ether oxygens (including phenoxy) is 3. The van der Waals surface area contributed by atoms with Gasteiger partial charge in [0, 0.05) is 25.7 Å². The third-order valence-electron chi connectivity index (χ3n) is 2.47. The predicted molar refractivity (Wildman–Crippen MR) is 69.1 cm³/mol. The summed E-state index contributed by atoms with van der Waals surface area (Å²) in [6.07, 6.45) is 0.954. The Morgan fingerprint density at radius 1 is 1.29 bits per heavy atom. The van der Waals surface area contributed by atoms with Crippen LogP contribution in [0.25, 0.3) is 0 Å². The minimum absolute atomic E-state index is 0.102. The molecule has 0 saturated carbocycles. The third kappa shape index (κ3) is 4.44. The predicted octanol–water partition coefficient (Wildman–Crippen LogP) is 3.24. The molecular formula is C13H19ClO3. The van der Waals surface area contributed by atoms with Gasteiger partial charge in [-0.05, 0) is 25.1 Å². The maximum absolute atomic E-state index is 5.89. The summed E-state index contributed by atoms with van der Waals surface area (Å²) in [4.78, 5) is 0. The zero-order chi connectivity index (χ0) is 12.7. The summed E-state index contributed by atoms with van der Waals surface area (Å²) in [5, 5.41) is 0. The van der Waals surface area contributed by atoms with Gasteiger partial charge in [-0.25, -0.2) is 0 Å². The van der Waals surface area contributed by atoms with Gasteiger partial charge in [-0.1, -0.05) is 0 Å². The molecule has 0 aromatic heterocycles. The summed E-state index contributed by atoms with van der Waals surface area (Å²) < 4.78 is 16.0. The van der Waals surface area contributed by atoms with Crippen molar-refractivity contribution in [3.8, 4) is 11.5 Å². The summed E-state index contributed by atoms with van der Waals surface area (Å²) in [5.41, 5.74) is 0.940. The third-order valence-corrected chi connectivity index (χ3v) is 2.76. The SMILES string of the molecule is COCCC(C)Oc1ccc(OC)cc1CCl. The molecule has 0 heterocycles. The average Bonchev–Trinajstić information content (AvgIpc) is 2.36. The highest BCUT2D eigenvalue weighted by molar-refractivity contribution is 6.17. The summed E-state index contributed by atoms with van der Waals surface area (Å²) in [6.45, 7) is 2.70. The second-order valence-electron chi connectivity index (χ2n) is 3.82. The van der Waals surface area contributed by atoms with Gasteiger partial charge in [0.2, 0.25) is 0 Å². The van der Waals surface area contributed by atoms with E-state index in [9.17, 15) is 0 Å². The van der Waals surface area contributed by atoms with Crippen molar-refractivity contribution in [3.63, 3.8) is 0 Å². The lowest BCUT2D eigenvalue weighted by Gasteiger charge is -2.17. The van der Waals surface area contributed by atoms with Crippen LogP contribution in [-0.4, -0.2) is 26.9 Å². The van der Waals surface area contributed by atoms with Crippen LogP contribution < -0.4 is 9.47 Å². The van der Waals surface area contributed by atoms with Crippen molar-refractivity contribution in [2.24, 2.45) is 0 Å². The van der Waals surface area contributed by atoms with E-state index in [-0.39, 0.29) is 6.10 Å². The number of benzene rings is 1. The van der Waals surface area contributed by atoms with E-state index in [2.05, 4.69) is 0 Å². The molecule has 0 aliphatic rings. The van der Waals surface area contributed by atoms with Gasteiger partial charge in [-0.3, -0.25) is 0 Å². The monoisotopic (exact) mass is 258 g/mol. The van der Waals surface area contributed by atoms with Gasteiger partial charge in [-0.15, -0.1) is 11.6 Å². The van der Waals surface area contributed by atoms with Crippen LogP contribution in [0.1, 0.15) is 18.9 Å². The van der Waals surface area contributed by atoms with E-state index >= 15 is 0 Å². The maximum atomic E-state index is 5.89. The van der Waals surface area contributed by atoms with Crippen molar-refractivity contribution in [1.82, 2.24) is 0 Å². The number of rotatable bonds is 7. The Hall–Kier alpha value is -0.930. The fourth-order valence-corrected chi connectivity index (χ4v) is 1.67. The second-order valence-corrected chi connectivity index (χ2v) is 4.08. The fraction of sp³-hybridized carbons (Fsp3) is 0.538. The highest BCUT2D eigenvalue weighted by atomic mass is 35.5. The Balaban J connectivity index is 2.69. The van der Waals surface area contributed by atoms with Gasteiger partial charge >= 0.3 is 0 Å². The molecule has 1 atom stereocenters. The van der Waals surface area contributed by atoms with Crippen LogP contribution in [0.3, 0.4) is 0 Å². The van der Waals surface area contributed by atoms with E-state index < -0.39 is 0 Å². The van der Waals surface area contributed by atoms with E-state index in [1.54, 1.807) is 14.2 Å². The van der Waals surface area contributed by atoms with Gasteiger partial charge in [0.1, 0.15) is 11.5 Å². The van der Waals surface area contributed by atoms with Crippen LogP contribution in [-0.2, 0) is 10.6 Å². The van der Waals surface area contributed by atoms with Crippen LogP contribution in [0, 0.1) is 0 Å². The Bertz CT molecular complexity index is 341. The molecule has 0 radical (unpaired) electrons. The first-order valence-electron chi connectivity index (χ1n) is 5.59. The number of halogens is 1. The first-order valence-corrected chi connectivity index (χ1v) is 6.13. The largest absolute Gasteiger partial charge is 0.497 e. The molecule has 4 heteroatoms. The van der Waals surface area contributed by atoms with Crippen molar-refractivity contribution in [2.45, 2.75) is 25.3 Å². The summed E-state index contributed by atoms with van der Waals surface area (Å²) >= 11 is 5.89. The molecule has 0 amide bonds. The molecule has 0 bridgehead atoms. The lowest BCUT2D eigenvalue weighted by molar-refractivity contribution is 0.134. The van der Waals surface area contributed by atoms with E-state index in [1.807, 2.05) is 25.1 Å². The second kappa shape index (κ2) is 7.41. The van der Waals surface area contributed by atoms with E-state index in [1.165, 1.54) is 0 Å². The standard InChI is InChI=1S/C13H19ClO3/c1-10(6-7-15-2)17-13-5-4-12(16-3)8-11(13)9-14/h4-5,8,10H,6-7,9H2,1-3H3. The van der Waals surface area contributed by atoms with Crippen LogP contribution in [0.2, 0.25) is 0 Å². The molecule has 0 aliphatic heterocycles.